The molecule has 0 saturated heterocycles. The van der Waals surface area contributed by atoms with Crippen LogP contribution >= 0.6 is 0 Å². The van der Waals surface area contributed by atoms with E-state index in [9.17, 15) is 0 Å². The molecular formula is C22H32. The maximum absolute atomic E-state index is 4.38. The average Bonchev–Trinajstić information content (AvgIpc) is 2.47. The highest BCUT2D eigenvalue weighted by molar-refractivity contribution is 5.33. The van der Waals surface area contributed by atoms with Crippen molar-refractivity contribution in [1.82, 2.24) is 0 Å². The number of hydrogen-bond acceptors (Lipinski definition) is 0. The van der Waals surface area contributed by atoms with E-state index in [1.54, 1.807) is 0 Å². The molecule has 0 heterocycles. The molecule has 0 amide bonds. The molecule has 0 aliphatic heterocycles. The van der Waals surface area contributed by atoms with Gasteiger partial charge in [0.2, 0.25) is 0 Å². The predicted octanol–water partition coefficient (Wildman–Crippen LogP) is 6.64. The molecule has 0 heteroatoms. The zero-order valence-electron chi connectivity index (χ0n) is 15.0. The van der Waals surface area contributed by atoms with Gasteiger partial charge in [-0.25, -0.2) is 0 Å². The molecule has 2 aliphatic rings. The van der Waals surface area contributed by atoms with Crippen molar-refractivity contribution in [2.24, 2.45) is 23.2 Å². The first-order chi connectivity index (χ1) is 10.3. The van der Waals surface area contributed by atoms with Crippen molar-refractivity contribution < 1.29 is 0 Å². The van der Waals surface area contributed by atoms with Gasteiger partial charge in [0.25, 0.3) is 0 Å². The fourth-order valence-electron chi connectivity index (χ4n) is 3.25. The lowest BCUT2D eigenvalue weighted by atomic mass is 9.78. The fraction of sp³-hybridized carbons (Fsp3) is 0.545. The van der Waals surface area contributed by atoms with Crippen molar-refractivity contribution in [1.29, 1.82) is 0 Å². The summed E-state index contributed by atoms with van der Waals surface area (Å²) in [5.41, 5.74) is 4.58. The molecule has 3 unspecified atom stereocenters. The van der Waals surface area contributed by atoms with Crippen molar-refractivity contribution in [2.45, 2.75) is 53.9 Å². The first kappa shape index (κ1) is 17.1. The Hall–Kier alpha value is -1.30. The minimum Gasteiger partial charge on any atom is -0.0992 e. The van der Waals surface area contributed by atoms with Crippen molar-refractivity contribution in [3.63, 3.8) is 0 Å². The third-order valence-corrected chi connectivity index (χ3v) is 4.97. The van der Waals surface area contributed by atoms with E-state index < -0.39 is 0 Å². The summed E-state index contributed by atoms with van der Waals surface area (Å²) in [5.74, 6) is 1.79. The summed E-state index contributed by atoms with van der Waals surface area (Å²) in [5, 5.41) is 0. The minimum absolute atomic E-state index is 0.254. The highest BCUT2D eigenvalue weighted by Gasteiger charge is 2.21. The van der Waals surface area contributed by atoms with Gasteiger partial charge in [-0.2, -0.15) is 0 Å². The van der Waals surface area contributed by atoms with E-state index in [2.05, 4.69) is 77.7 Å². The topological polar surface area (TPSA) is 0 Å². The molecule has 22 heavy (non-hydrogen) atoms. The quantitative estimate of drug-likeness (QED) is 0.510. The molecule has 2 aliphatic carbocycles. The summed E-state index contributed by atoms with van der Waals surface area (Å²) in [7, 11) is 0. The maximum Gasteiger partial charge on any atom is 0.00122 e. The van der Waals surface area contributed by atoms with Gasteiger partial charge in [0, 0.05) is 5.92 Å². The maximum atomic E-state index is 4.38. The standard InChI is InChI=1S/C22H32/c1-16-7-9-19(10-8-16)17(2)15-18(3)20-11-13-21(14-12-20)22(4,5)6/h7,9-11,13-14,16-17,20H,3,8,12,15H2,1-2,4-6H3. The lowest BCUT2D eigenvalue weighted by Gasteiger charge is -2.27. The van der Waals surface area contributed by atoms with Gasteiger partial charge < -0.3 is 0 Å². The number of hydrogen-bond donors (Lipinski definition) is 0. The predicted molar refractivity (Wildman–Crippen MR) is 98.7 cm³/mol. The zero-order chi connectivity index (χ0) is 16.3. The van der Waals surface area contributed by atoms with E-state index in [0.717, 1.165) is 12.8 Å². The van der Waals surface area contributed by atoms with Crippen LogP contribution in [0.25, 0.3) is 0 Å². The van der Waals surface area contributed by atoms with E-state index >= 15 is 0 Å². The zero-order valence-corrected chi connectivity index (χ0v) is 15.0. The molecule has 0 saturated carbocycles. The summed E-state index contributed by atoms with van der Waals surface area (Å²) in [6.45, 7) is 15.8. The van der Waals surface area contributed by atoms with Crippen LogP contribution in [0.2, 0.25) is 0 Å². The monoisotopic (exact) mass is 296 g/mol. The Morgan fingerprint density at radius 1 is 1.18 bits per heavy atom. The van der Waals surface area contributed by atoms with Crippen LogP contribution in [0, 0.1) is 23.2 Å². The van der Waals surface area contributed by atoms with Crippen LogP contribution < -0.4 is 0 Å². The van der Waals surface area contributed by atoms with Gasteiger partial charge in [0.15, 0.2) is 0 Å². The van der Waals surface area contributed by atoms with Gasteiger partial charge in [-0.3, -0.25) is 0 Å². The third kappa shape index (κ3) is 4.35. The van der Waals surface area contributed by atoms with Gasteiger partial charge in [-0.05, 0) is 47.7 Å². The van der Waals surface area contributed by atoms with E-state index in [0.29, 0.717) is 17.8 Å². The van der Waals surface area contributed by atoms with E-state index in [-0.39, 0.29) is 5.41 Å². The summed E-state index contributed by atoms with van der Waals surface area (Å²) >= 11 is 0. The second kappa shape index (κ2) is 6.86. The van der Waals surface area contributed by atoms with Gasteiger partial charge in [0.05, 0.1) is 0 Å². The largest absolute Gasteiger partial charge is 0.0992 e. The normalized spacial score (nSPS) is 26.4. The Balaban J connectivity index is 1.91. The summed E-state index contributed by atoms with van der Waals surface area (Å²) in [4.78, 5) is 0. The van der Waals surface area contributed by atoms with Crippen molar-refractivity contribution >= 4 is 0 Å². The Kier molecular flexibility index (Phi) is 5.32. The van der Waals surface area contributed by atoms with Crippen LogP contribution in [0.3, 0.4) is 0 Å². The van der Waals surface area contributed by atoms with Gasteiger partial charge >= 0.3 is 0 Å². The molecule has 0 aromatic carbocycles. The Bertz CT molecular complexity index is 531. The number of allylic oxidation sites excluding steroid dienone is 9. The van der Waals surface area contributed by atoms with Crippen LogP contribution in [0.4, 0.5) is 0 Å². The second-order valence-corrected chi connectivity index (χ2v) is 8.15. The Morgan fingerprint density at radius 3 is 2.41 bits per heavy atom. The Morgan fingerprint density at radius 2 is 1.91 bits per heavy atom. The van der Waals surface area contributed by atoms with Crippen LogP contribution in [0.1, 0.15) is 53.9 Å². The van der Waals surface area contributed by atoms with Gasteiger partial charge in [-0.1, -0.05) is 83.2 Å². The molecule has 0 fully saturated rings. The molecule has 2 rings (SSSR count). The molecule has 0 nitrogen and oxygen atoms in total. The van der Waals surface area contributed by atoms with Crippen LogP contribution in [-0.2, 0) is 0 Å². The summed E-state index contributed by atoms with van der Waals surface area (Å²) in [6, 6.07) is 0. The molecule has 0 spiro atoms. The molecule has 3 atom stereocenters. The molecule has 120 valence electrons. The van der Waals surface area contributed by atoms with E-state index in [1.807, 2.05) is 0 Å². The Labute approximate surface area is 137 Å². The molecule has 0 radical (unpaired) electrons. The summed E-state index contributed by atoms with van der Waals surface area (Å²) in [6.07, 6.45) is 17.5. The first-order valence-corrected chi connectivity index (χ1v) is 8.72. The second-order valence-electron chi connectivity index (χ2n) is 8.15. The summed E-state index contributed by atoms with van der Waals surface area (Å²) < 4.78 is 0. The highest BCUT2D eigenvalue weighted by atomic mass is 14.3. The van der Waals surface area contributed by atoms with Crippen molar-refractivity contribution in [2.75, 3.05) is 0 Å². The highest BCUT2D eigenvalue weighted by Crippen LogP contribution is 2.35. The molecule has 0 bridgehead atoms. The first-order valence-electron chi connectivity index (χ1n) is 8.72. The van der Waals surface area contributed by atoms with Crippen LogP contribution in [0.15, 0.2) is 59.8 Å². The van der Waals surface area contributed by atoms with Crippen LogP contribution in [-0.4, -0.2) is 0 Å². The number of rotatable bonds is 4. The lowest BCUT2D eigenvalue weighted by molar-refractivity contribution is 0.506. The smallest absolute Gasteiger partial charge is 0.00122 e. The molecule has 0 aromatic heterocycles. The third-order valence-electron chi connectivity index (χ3n) is 4.97. The average molecular weight is 296 g/mol. The van der Waals surface area contributed by atoms with Gasteiger partial charge in [-0.15, -0.1) is 0 Å². The van der Waals surface area contributed by atoms with Crippen molar-refractivity contribution in [3.8, 4) is 0 Å². The fourth-order valence-corrected chi connectivity index (χ4v) is 3.25. The molecular weight excluding hydrogens is 264 g/mol. The molecule has 0 aromatic rings. The van der Waals surface area contributed by atoms with Crippen molar-refractivity contribution in [3.05, 3.63) is 59.8 Å². The lowest BCUT2D eigenvalue weighted by Crippen LogP contribution is -2.13. The SMILES string of the molecule is C=C(CC(C)C1=CCC(C)C=C1)C1C=CC(C(C)(C)C)=CC1. The van der Waals surface area contributed by atoms with E-state index in [4.69, 9.17) is 0 Å². The molecule has 0 N–H and O–H groups in total. The van der Waals surface area contributed by atoms with Crippen LogP contribution in [0.5, 0.6) is 0 Å². The van der Waals surface area contributed by atoms with E-state index in [1.165, 1.54) is 23.1 Å². The van der Waals surface area contributed by atoms with Gasteiger partial charge in [0.1, 0.15) is 0 Å². The minimum atomic E-state index is 0.254.